The normalized spacial score (nSPS) is 18.2. The molecule has 0 radical (unpaired) electrons. The summed E-state index contributed by atoms with van der Waals surface area (Å²) in [6.07, 6.45) is 7.48. The van der Waals surface area contributed by atoms with E-state index in [1.807, 2.05) is 30.8 Å². The number of nitrogens with zero attached hydrogens (tertiary/aromatic N) is 4. The van der Waals surface area contributed by atoms with Crippen molar-refractivity contribution in [2.24, 2.45) is 0 Å². The first kappa shape index (κ1) is 15.5. The minimum absolute atomic E-state index is 0.145. The molecule has 1 aliphatic heterocycles. The molecule has 1 unspecified atom stereocenters. The number of piperidine rings is 1. The quantitative estimate of drug-likeness (QED) is 0.812. The maximum atomic E-state index is 12.3. The SMILES string of the molecule is CC(C)OC(=O)c1cccnc1N1CCCC(n2cccn2)C1. The zero-order chi connectivity index (χ0) is 16.2. The van der Waals surface area contributed by atoms with Gasteiger partial charge in [-0.3, -0.25) is 4.68 Å². The number of carbonyl (C=O) groups excluding carboxylic acids is 1. The number of carbonyl (C=O) groups is 1. The topological polar surface area (TPSA) is 60.2 Å². The molecule has 6 heteroatoms. The predicted molar refractivity (Wildman–Crippen MR) is 87.5 cm³/mol. The Labute approximate surface area is 136 Å². The summed E-state index contributed by atoms with van der Waals surface area (Å²) in [6.45, 7) is 5.38. The molecule has 0 aliphatic carbocycles. The number of hydrogen-bond donors (Lipinski definition) is 0. The summed E-state index contributed by atoms with van der Waals surface area (Å²) in [5, 5.41) is 4.34. The Hall–Kier alpha value is -2.37. The molecule has 1 aliphatic rings. The van der Waals surface area contributed by atoms with Crippen molar-refractivity contribution in [2.45, 2.75) is 38.8 Å². The number of esters is 1. The Morgan fingerprint density at radius 2 is 2.22 bits per heavy atom. The van der Waals surface area contributed by atoms with Gasteiger partial charge in [0.25, 0.3) is 0 Å². The third kappa shape index (κ3) is 3.52. The Bertz CT molecular complexity index is 654. The van der Waals surface area contributed by atoms with E-state index in [9.17, 15) is 4.79 Å². The van der Waals surface area contributed by atoms with Crippen LogP contribution in [-0.2, 0) is 4.74 Å². The molecule has 2 aromatic rings. The number of rotatable bonds is 4. The molecule has 1 atom stereocenters. The number of hydrogen-bond acceptors (Lipinski definition) is 5. The molecule has 122 valence electrons. The van der Waals surface area contributed by atoms with Gasteiger partial charge in [-0.15, -0.1) is 0 Å². The van der Waals surface area contributed by atoms with Crippen molar-refractivity contribution in [1.82, 2.24) is 14.8 Å². The second-order valence-electron chi connectivity index (χ2n) is 6.06. The first-order valence-electron chi connectivity index (χ1n) is 8.05. The van der Waals surface area contributed by atoms with Crippen LogP contribution in [0.4, 0.5) is 5.82 Å². The highest BCUT2D eigenvalue weighted by Gasteiger charge is 2.26. The van der Waals surface area contributed by atoms with Crippen molar-refractivity contribution in [3.05, 3.63) is 42.4 Å². The summed E-state index contributed by atoms with van der Waals surface area (Å²) in [4.78, 5) is 18.9. The molecule has 0 saturated carbocycles. The van der Waals surface area contributed by atoms with Crippen molar-refractivity contribution >= 4 is 11.8 Å². The van der Waals surface area contributed by atoms with Crippen LogP contribution in [0.25, 0.3) is 0 Å². The van der Waals surface area contributed by atoms with Gasteiger partial charge in [0.1, 0.15) is 11.4 Å². The van der Waals surface area contributed by atoms with Gasteiger partial charge in [-0.2, -0.15) is 5.10 Å². The lowest BCUT2D eigenvalue weighted by atomic mass is 10.1. The number of pyridine rings is 1. The summed E-state index contributed by atoms with van der Waals surface area (Å²) in [5.41, 5.74) is 0.530. The molecule has 0 spiro atoms. The largest absolute Gasteiger partial charge is 0.459 e. The smallest absolute Gasteiger partial charge is 0.342 e. The molecule has 2 aromatic heterocycles. The summed E-state index contributed by atoms with van der Waals surface area (Å²) in [6, 6.07) is 5.79. The average molecular weight is 314 g/mol. The van der Waals surface area contributed by atoms with Crippen molar-refractivity contribution in [3.63, 3.8) is 0 Å². The van der Waals surface area contributed by atoms with Crippen LogP contribution in [0.3, 0.4) is 0 Å². The first-order chi connectivity index (χ1) is 11.1. The van der Waals surface area contributed by atoms with Crippen molar-refractivity contribution in [2.75, 3.05) is 18.0 Å². The van der Waals surface area contributed by atoms with Crippen LogP contribution in [0.15, 0.2) is 36.8 Å². The van der Waals surface area contributed by atoms with E-state index in [0.29, 0.717) is 17.4 Å². The highest BCUT2D eigenvalue weighted by Crippen LogP contribution is 2.27. The van der Waals surface area contributed by atoms with Gasteiger partial charge in [0.15, 0.2) is 0 Å². The van der Waals surface area contributed by atoms with E-state index in [0.717, 1.165) is 25.9 Å². The molecular formula is C17H22N4O2. The fraction of sp³-hybridized carbons (Fsp3) is 0.471. The maximum Gasteiger partial charge on any atom is 0.342 e. The van der Waals surface area contributed by atoms with Crippen LogP contribution in [0.5, 0.6) is 0 Å². The summed E-state index contributed by atoms with van der Waals surface area (Å²) in [7, 11) is 0. The summed E-state index contributed by atoms with van der Waals surface area (Å²) < 4.78 is 7.33. The van der Waals surface area contributed by atoms with Gasteiger partial charge in [0.2, 0.25) is 0 Å². The van der Waals surface area contributed by atoms with E-state index in [4.69, 9.17) is 4.74 Å². The number of aromatic nitrogens is 3. The van der Waals surface area contributed by atoms with Gasteiger partial charge in [0, 0.05) is 31.7 Å². The standard InChI is InChI=1S/C17H22N4O2/c1-13(2)23-17(22)15-7-3-8-18-16(15)20-10-4-6-14(12-20)21-11-5-9-19-21/h3,5,7-9,11,13-14H,4,6,10,12H2,1-2H3. The third-order valence-corrected chi connectivity index (χ3v) is 3.94. The number of ether oxygens (including phenoxy) is 1. The third-order valence-electron chi connectivity index (χ3n) is 3.94. The number of anilines is 1. The van der Waals surface area contributed by atoms with E-state index >= 15 is 0 Å². The molecule has 0 bridgehead atoms. The van der Waals surface area contributed by atoms with Gasteiger partial charge in [-0.25, -0.2) is 9.78 Å². The molecule has 1 fully saturated rings. The fourth-order valence-corrected chi connectivity index (χ4v) is 2.95. The van der Waals surface area contributed by atoms with Gasteiger partial charge >= 0.3 is 5.97 Å². The van der Waals surface area contributed by atoms with Crippen LogP contribution >= 0.6 is 0 Å². The van der Waals surface area contributed by atoms with Gasteiger partial charge in [-0.05, 0) is 44.9 Å². The molecule has 0 aromatic carbocycles. The maximum absolute atomic E-state index is 12.3. The summed E-state index contributed by atoms with van der Waals surface area (Å²) in [5.74, 6) is 0.388. The minimum atomic E-state index is -0.315. The van der Waals surface area contributed by atoms with Crippen molar-refractivity contribution in [1.29, 1.82) is 0 Å². The Kier molecular flexibility index (Phi) is 4.60. The Morgan fingerprint density at radius 1 is 1.35 bits per heavy atom. The molecule has 3 rings (SSSR count). The Balaban J connectivity index is 1.82. The molecule has 6 nitrogen and oxygen atoms in total. The van der Waals surface area contributed by atoms with Gasteiger partial charge in [-0.1, -0.05) is 0 Å². The van der Waals surface area contributed by atoms with Crippen molar-refractivity contribution < 1.29 is 9.53 Å². The highest BCUT2D eigenvalue weighted by molar-refractivity contribution is 5.94. The van der Waals surface area contributed by atoms with Crippen LogP contribution in [0.2, 0.25) is 0 Å². The van der Waals surface area contributed by atoms with E-state index in [1.165, 1.54) is 0 Å². The lowest BCUT2D eigenvalue weighted by molar-refractivity contribution is 0.0378. The van der Waals surface area contributed by atoms with Crippen molar-refractivity contribution in [3.8, 4) is 0 Å². The van der Waals surface area contributed by atoms with Crippen LogP contribution in [-0.4, -0.2) is 39.9 Å². The van der Waals surface area contributed by atoms with Gasteiger partial charge in [0.05, 0.1) is 12.1 Å². The van der Waals surface area contributed by atoms with Crippen LogP contribution < -0.4 is 4.90 Å². The molecule has 23 heavy (non-hydrogen) atoms. The van der Waals surface area contributed by atoms with E-state index in [2.05, 4.69) is 15.0 Å². The monoisotopic (exact) mass is 314 g/mol. The molecular weight excluding hydrogens is 292 g/mol. The average Bonchev–Trinajstić information content (AvgIpc) is 3.09. The highest BCUT2D eigenvalue weighted by atomic mass is 16.5. The fourth-order valence-electron chi connectivity index (χ4n) is 2.95. The second kappa shape index (κ2) is 6.81. The zero-order valence-electron chi connectivity index (χ0n) is 13.6. The zero-order valence-corrected chi connectivity index (χ0v) is 13.6. The minimum Gasteiger partial charge on any atom is -0.459 e. The Morgan fingerprint density at radius 3 is 2.96 bits per heavy atom. The predicted octanol–water partition coefficient (Wildman–Crippen LogP) is 2.68. The second-order valence-corrected chi connectivity index (χ2v) is 6.06. The summed E-state index contributed by atoms with van der Waals surface area (Å²) >= 11 is 0. The molecule has 0 N–H and O–H groups in total. The van der Waals surface area contributed by atoms with Gasteiger partial charge < -0.3 is 9.64 Å². The lowest BCUT2D eigenvalue weighted by Crippen LogP contribution is -2.38. The van der Waals surface area contributed by atoms with E-state index in [1.54, 1.807) is 24.5 Å². The molecule has 0 amide bonds. The van der Waals surface area contributed by atoms with Crippen LogP contribution in [0.1, 0.15) is 43.1 Å². The molecule has 1 saturated heterocycles. The molecule has 3 heterocycles. The lowest BCUT2D eigenvalue weighted by Gasteiger charge is -2.34. The van der Waals surface area contributed by atoms with E-state index in [-0.39, 0.29) is 12.1 Å². The van der Waals surface area contributed by atoms with Crippen LogP contribution in [0, 0.1) is 0 Å². The first-order valence-corrected chi connectivity index (χ1v) is 8.05. The van der Waals surface area contributed by atoms with E-state index < -0.39 is 0 Å².